The topological polar surface area (TPSA) is 71.1 Å². The lowest BCUT2D eigenvalue weighted by molar-refractivity contribution is 0.328. The van der Waals surface area contributed by atoms with Crippen LogP contribution in [-0.2, 0) is 0 Å². The molecule has 0 unspecified atom stereocenters. The molecule has 2 aromatic rings. The molecule has 0 aromatic heterocycles. The highest BCUT2D eigenvalue weighted by atomic mass is 35.5. The van der Waals surface area contributed by atoms with Crippen LogP contribution in [0.5, 0.6) is 5.75 Å². The molecule has 0 bridgehead atoms. The Bertz CT molecular complexity index is 620. The minimum atomic E-state index is 0.428. The molecule has 0 amide bonds. The Hall–Kier alpha value is -2.22. The molecule has 102 valence electrons. The summed E-state index contributed by atoms with van der Waals surface area (Å²) in [4.78, 5) is 0. The summed E-state index contributed by atoms with van der Waals surface area (Å²) in [5.74, 6) is 0.757. The van der Waals surface area contributed by atoms with Gasteiger partial charge in [-0.15, -0.1) is 0 Å². The number of nitrogens with one attached hydrogen (secondary N) is 1. The number of halogens is 1. The molecule has 4 nitrogen and oxygen atoms in total. The van der Waals surface area contributed by atoms with Gasteiger partial charge in [-0.05, 0) is 36.4 Å². The predicted molar refractivity (Wildman–Crippen MR) is 80.4 cm³/mol. The van der Waals surface area contributed by atoms with Gasteiger partial charge in [0.15, 0.2) is 0 Å². The molecule has 0 saturated heterocycles. The minimum absolute atomic E-state index is 0.428. The molecule has 0 atom stereocenters. The fourth-order valence-electron chi connectivity index (χ4n) is 1.71. The van der Waals surface area contributed by atoms with Gasteiger partial charge in [-0.3, -0.25) is 0 Å². The Morgan fingerprint density at radius 2 is 1.95 bits per heavy atom. The normalized spacial score (nSPS) is 9.85. The molecule has 0 heterocycles. The van der Waals surface area contributed by atoms with E-state index < -0.39 is 0 Å². The van der Waals surface area contributed by atoms with Gasteiger partial charge in [0.2, 0.25) is 0 Å². The second kappa shape index (κ2) is 6.80. The van der Waals surface area contributed by atoms with Crippen molar-refractivity contribution in [2.45, 2.75) is 0 Å². The van der Waals surface area contributed by atoms with Crippen molar-refractivity contribution in [1.82, 2.24) is 0 Å². The van der Waals surface area contributed by atoms with Gasteiger partial charge in [-0.1, -0.05) is 17.7 Å². The quantitative estimate of drug-likeness (QED) is 0.885. The van der Waals surface area contributed by atoms with E-state index in [9.17, 15) is 0 Å². The van der Waals surface area contributed by atoms with Crippen LogP contribution in [0, 0.1) is 11.3 Å². The molecule has 0 spiro atoms. The third kappa shape index (κ3) is 3.41. The molecule has 0 aliphatic carbocycles. The Morgan fingerprint density at radius 3 is 2.60 bits per heavy atom. The summed E-state index contributed by atoms with van der Waals surface area (Å²) >= 11 is 5.98. The van der Waals surface area contributed by atoms with E-state index in [0.717, 1.165) is 11.4 Å². The average Bonchev–Trinajstić information content (AvgIpc) is 2.47. The number of ether oxygens (including phenoxy) is 1. The van der Waals surface area contributed by atoms with Crippen LogP contribution in [0.25, 0.3) is 0 Å². The molecule has 20 heavy (non-hydrogen) atoms. The Kier molecular flexibility index (Phi) is 4.83. The first-order chi connectivity index (χ1) is 9.74. The van der Waals surface area contributed by atoms with Gasteiger partial charge in [0.1, 0.15) is 18.4 Å². The number of nitrogens with two attached hydrogens (primary N) is 1. The van der Waals surface area contributed by atoms with Gasteiger partial charge in [-0.2, -0.15) is 5.26 Å². The lowest BCUT2D eigenvalue weighted by atomic mass is 10.2. The maximum absolute atomic E-state index is 9.11. The van der Waals surface area contributed by atoms with Gasteiger partial charge in [0.05, 0.1) is 16.3 Å². The molecule has 3 N–H and O–H groups in total. The van der Waals surface area contributed by atoms with Gasteiger partial charge in [0, 0.05) is 12.2 Å². The van der Waals surface area contributed by atoms with Gasteiger partial charge in [0.25, 0.3) is 0 Å². The van der Waals surface area contributed by atoms with E-state index >= 15 is 0 Å². The lowest BCUT2D eigenvalue weighted by Crippen LogP contribution is -2.10. The number of nitriles is 1. The van der Waals surface area contributed by atoms with Gasteiger partial charge >= 0.3 is 0 Å². The van der Waals surface area contributed by atoms with E-state index in [0.29, 0.717) is 29.4 Å². The zero-order valence-electron chi connectivity index (χ0n) is 10.8. The van der Waals surface area contributed by atoms with E-state index in [-0.39, 0.29) is 0 Å². The van der Waals surface area contributed by atoms with E-state index in [1.807, 2.05) is 30.3 Å². The number of rotatable bonds is 5. The van der Waals surface area contributed by atoms with Crippen molar-refractivity contribution < 1.29 is 4.74 Å². The molecule has 0 fully saturated rings. The minimum Gasteiger partial charge on any atom is -0.492 e. The summed E-state index contributed by atoms with van der Waals surface area (Å²) in [6.45, 7) is 0.966. The summed E-state index contributed by atoms with van der Waals surface area (Å²) in [5.41, 5.74) is 7.33. The highest BCUT2D eigenvalue weighted by molar-refractivity contribution is 6.32. The first kappa shape index (κ1) is 14.2. The summed E-state index contributed by atoms with van der Waals surface area (Å²) in [6.07, 6.45) is 0. The van der Waals surface area contributed by atoms with Crippen molar-refractivity contribution in [1.29, 1.82) is 5.26 Å². The summed E-state index contributed by atoms with van der Waals surface area (Å²) in [5, 5.41) is 12.7. The van der Waals surface area contributed by atoms with Crippen LogP contribution in [0.1, 0.15) is 5.56 Å². The highest BCUT2D eigenvalue weighted by Gasteiger charge is 2.06. The molecule has 5 heteroatoms. The van der Waals surface area contributed by atoms with E-state index in [2.05, 4.69) is 11.4 Å². The van der Waals surface area contributed by atoms with Crippen LogP contribution in [0.2, 0.25) is 5.02 Å². The maximum Gasteiger partial charge on any atom is 0.119 e. The Labute approximate surface area is 122 Å². The standard InChI is InChI=1S/C15H14ClN3O/c16-14-2-1-3-15(13(14)10-18)19-11-4-6-12(7-5-11)20-9-8-17/h1-7,19H,8-9,17H2. The molecule has 0 saturated carbocycles. The first-order valence-corrected chi connectivity index (χ1v) is 6.51. The second-order valence-corrected chi connectivity index (χ2v) is 4.47. The second-order valence-electron chi connectivity index (χ2n) is 4.06. The van der Waals surface area contributed by atoms with Crippen molar-refractivity contribution in [2.24, 2.45) is 5.73 Å². The third-order valence-electron chi connectivity index (χ3n) is 2.65. The van der Waals surface area contributed by atoms with Crippen LogP contribution in [0.15, 0.2) is 42.5 Å². The van der Waals surface area contributed by atoms with Crippen molar-refractivity contribution in [3.63, 3.8) is 0 Å². The van der Waals surface area contributed by atoms with E-state index in [1.165, 1.54) is 0 Å². The van der Waals surface area contributed by atoms with E-state index in [4.69, 9.17) is 27.3 Å². The van der Waals surface area contributed by atoms with Gasteiger partial charge < -0.3 is 15.8 Å². The molecular formula is C15H14ClN3O. The van der Waals surface area contributed by atoms with Crippen LogP contribution >= 0.6 is 11.6 Å². The molecule has 2 rings (SSSR count). The van der Waals surface area contributed by atoms with Crippen LogP contribution in [0.4, 0.5) is 11.4 Å². The summed E-state index contributed by atoms with van der Waals surface area (Å²) < 4.78 is 5.40. The van der Waals surface area contributed by atoms with Crippen molar-refractivity contribution in [3.8, 4) is 11.8 Å². The summed E-state index contributed by atoms with van der Waals surface area (Å²) in [7, 11) is 0. The molecule has 2 aromatic carbocycles. The number of anilines is 2. The molecule has 0 aliphatic heterocycles. The Balaban J connectivity index is 2.15. The largest absolute Gasteiger partial charge is 0.492 e. The zero-order chi connectivity index (χ0) is 14.4. The van der Waals surface area contributed by atoms with Crippen molar-refractivity contribution >= 4 is 23.0 Å². The van der Waals surface area contributed by atoms with E-state index in [1.54, 1.807) is 12.1 Å². The van der Waals surface area contributed by atoms with Crippen LogP contribution in [0.3, 0.4) is 0 Å². The molecular weight excluding hydrogens is 274 g/mol. The first-order valence-electron chi connectivity index (χ1n) is 6.13. The Morgan fingerprint density at radius 1 is 1.20 bits per heavy atom. The monoisotopic (exact) mass is 287 g/mol. The van der Waals surface area contributed by atoms with Crippen LogP contribution in [-0.4, -0.2) is 13.2 Å². The average molecular weight is 288 g/mol. The lowest BCUT2D eigenvalue weighted by Gasteiger charge is -2.10. The van der Waals surface area contributed by atoms with Crippen LogP contribution < -0.4 is 15.8 Å². The molecule has 0 radical (unpaired) electrons. The third-order valence-corrected chi connectivity index (χ3v) is 2.96. The fraction of sp³-hybridized carbons (Fsp3) is 0.133. The summed E-state index contributed by atoms with van der Waals surface area (Å²) in [6, 6.07) is 14.8. The fourth-order valence-corrected chi connectivity index (χ4v) is 1.93. The number of benzene rings is 2. The number of nitrogens with zero attached hydrogens (tertiary/aromatic N) is 1. The smallest absolute Gasteiger partial charge is 0.119 e. The van der Waals surface area contributed by atoms with Crippen molar-refractivity contribution in [3.05, 3.63) is 53.1 Å². The SMILES string of the molecule is N#Cc1c(Cl)cccc1Nc1ccc(OCCN)cc1. The highest BCUT2D eigenvalue weighted by Crippen LogP contribution is 2.27. The number of hydrogen-bond acceptors (Lipinski definition) is 4. The number of hydrogen-bond donors (Lipinski definition) is 2. The maximum atomic E-state index is 9.11. The van der Waals surface area contributed by atoms with Gasteiger partial charge in [-0.25, -0.2) is 0 Å². The zero-order valence-corrected chi connectivity index (χ0v) is 11.5. The van der Waals surface area contributed by atoms with Crippen molar-refractivity contribution in [2.75, 3.05) is 18.5 Å². The molecule has 0 aliphatic rings. The predicted octanol–water partition coefficient (Wildman–Crippen LogP) is 3.29.